The number of fused-ring (bicyclic) bond motifs is 1. The molecule has 2 aromatic rings. The van der Waals surface area contributed by atoms with Crippen molar-refractivity contribution in [3.05, 3.63) is 65.2 Å². The highest BCUT2D eigenvalue weighted by Crippen LogP contribution is 2.33. The number of esters is 1. The van der Waals surface area contributed by atoms with Gasteiger partial charge in [0.05, 0.1) is 12.7 Å². The van der Waals surface area contributed by atoms with Crippen molar-refractivity contribution >= 4 is 5.97 Å². The van der Waals surface area contributed by atoms with E-state index >= 15 is 0 Å². The summed E-state index contributed by atoms with van der Waals surface area (Å²) in [5.74, 6) is 0.599. The zero-order valence-electron chi connectivity index (χ0n) is 10.6. The maximum atomic E-state index is 11.7. The topological polar surface area (TPSA) is 35.5 Å². The second-order valence-corrected chi connectivity index (χ2v) is 4.53. The molecule has 3 rings (SSSR count). The van der Waals surface area contributed by atoms with Gasteiger partial charge in [-0.1, -0.05) is 30.3 Å². The van der Waals surface area contributed by atoms with Crippen LogP contribution in [0.3, 0.4) is 0 Å². The molecule has 0 spiro atoms. The molecular formula is C16H14O3. The predicted molar refractivity (Wildman–Crippen MR) is 71.3 cm³/mol. The van der Waals surface area contributed by atoms with E-state index in [4.69, 9.17) is 9.47 Å². The van der Waals surface area contributed by atoms with Crippen LogP contribution in [0, 0.1) is 0 Å². The van der Waals surface area contributed by atoms with E-state index in [0.717, 1.165) is 16.9 Å². The number of cyclic esters (lactones) is 1. The molecule has 0 bridgehead atoms. The predicted octanol–water partition coefficient (Wildman–Crippen LogP) is 3.15. The minimum absolute atomic E-state index is 0.183. The van der Waals surface area contributed by atoms with Gasteiger partial charge in [0, 0.05) is 12.0 Å². The molecule has 0 aliphatic carbocycles. The lowest BCUT2D eigenvalue weighted by molar-refractivity contribution is 0.0387. The molecule has 96 valence electrons. The average molecular weight is 254 g/mol. The number of hydrogen-bond donors (Lipinski definition) is 0. The minimum atomic E-state index is -0.228. The molecule has 19 heavy (non-hydrogen) atoms. The molecule has 0 aromatic heterocycles. The van der Waals surface area contributed by atoms with E-state index in [1.54, 1.807) is 7.11 Å². The van der Waals surface area contributed by atoms with E-state index in [1.165, 1.54) is 0 Å². The molecule has 0 N–H and O–H groups in total. The fourth-order valence-electron chi connectivity index (χ4n) is 2.35. The Labute approximate surface area is 111 Å². The Morgan fingerprint density at radius 3 is 2.58 bits per heavy atom. The van der Waals surface area contributed by atoms with Crippen molar-refractivity contribution in [1.29, 1.82) is 0 Å². The zero-order valence-corrected chi connectivity index (χ0v) is 10.6. The van der Waals surface area contributed by atoms with Crippen molar-refractivity contribution in [2.45, 2.75) is 12.5 Å². The summed E-state index contributed by atoms with van der Waals surface area (Å²) in [6, 6.07) is 15.4. The highest BCUT2D eigenvalue weighted by Gasteiger charge is 2.30. The molecule has 0 saturated carbocycles. The summed E-state index contributed by atoms with van der Waals surface area (Å²) in [5.41, 5.74) is 2.78. The number of methoxy groups -OCH3 is 1. The summed E-state index contributed by atoms with van der Waals surface area (Å²) >= 11 is 0. The Bertz CT molecular complexity index is 602. The normalized spacial score (nSPS) is 16.9. The third kappa shape index (κ3) is 2.19. The zero-order chi connectivity index (χ0) is 13.2. The van der Waals surface area contributed by atoms with Crippen LogP contribution in [0.5, 0.6) is 5.75 Å². The number of hydrogen-bond acceptors (Lipinski definition) is 3. The van der Waals surface area contributed by atoms with Crippen LogP contribution in [-0.2, 0) is 11.2 Å². The lowest BCUT2D eigenvalue weighted by Gasteiger charge is -2.11. The number of benzene rings is 2. The fourth-order valence-corrected chi connectivity index (χ4v) is 2.35. The van der Waals surface area contributed by atoms with Crippen molar-refractivity contribution in [3.63, 3.8) is 0 Å². The summed E-state index contributed by atoms with van der Waals surface area (Å²) in [6.45, 7) is 0. The first-order chi connectivity index (χ1) is 9.28. The van der Waals surface area contributed by atoms with Crippen molar-refractivity contribution < 1.29 is 14.3 Å². The molecule has 1 aliphatic rings. The smallest absolute Gasteiger partial charge is 0.339 e. The quantitative estimate of drug-likeness (QED) is 0.789. The number of rotatable bonds is 3. The number of ether oxygens (including phenoxy) is 2. The lowest BCUT2D eigenvalue weighted by atomic mass is 9.99. The van der Waals surface area contributed by atoms with Crippen molar-refractivity contribution in [2.24, 2.45) is 0 Å². The summed E-state index contributed by atoms with van der Waals surface area (Å²) < 4.78 is 10.5. The Balaban J connectivity index is 1.83. The van der Waals surface area contributed by atoms with Gasteiger partial charge in [-0.2, -0.15) is 0 Å². The molecule has 0 fully saturated rings. The van der Waals surface area contributed by atoms with Crippen LogP contribution in [0.1, 0.15) is 27.6 Å². The summed E-state index contributed by atoms with van der Waals surface area (Å²) in [5, 5.41) is 0. The van der Waals surface area contributed by atoms with Crippen LogP contribution in [0.4, 0.5) is 0 Å². The first kappa shape index (κ1) is 11.8. The van der Waals surface area contributed by atoms with Gasteiger partial charge in [0.15, 0.2) is 0 Å². The molecule has 1 aliphatic heterocycles. The van der Waals surface area contributed by atoms with Crippen molar-refractivity contribution in [1.82, 2.24) is 0 Å². The highest BCUT2D eigenvalue weighted by molar-refractivity contribution is 5.94. The van der Waals surface area contributed by atoms with Gasteiger partial charge in [-0.3, -0.25) is 0 Å². The first-order valence-electron chi connectivity index (χ1n) is 6.21. The summed E-state index contributed by atoms with van der Waals surface area (Å²) in [4.78, 5) is 11.7. The lowest BCUT2D eigenvalue weighted by Crippen LogP contribution is -2.02. The first-order valence-corrected chi connectivity index (χ1v) is 6.21. The van der Waals surface area contributed by atoms with Gasteiger partial charge in [0.25, 0.3) is 0 Å². The Morgan fingerprint density at radius 2 is 1.84 bits per heavy atom. The summed E-state index contributed by atoms with van der Waals surface area (Å²) in [7, 11) is 1.64. The maximum absolute atomic E-state index is 11.7. The van der Waals surface area contributed by atoms with E-state index in [2.05, 4.69) is 0 Å². The molecule has 3 nitrogen and oxygen atoms in total. The maximum Gasteiger partial charge on any atom is 0.339 e. The SMILES string of the molecule is COc1ccc(C[C@H]2OC(=O)c3ccccc32)cc1. The molecule has 1 atom stereocenters. The van der Waals surface area contributed by atoms with E-state index in [1.807, 2.05) is 48.5 Å². The molecular weight excluding hydrogens is 240 g/mol. The van der Waals surface area contributed by atoms with Gasteiger partial charge >= 0.3 is 5.97 Å². The van der Waals surface area contributed by atoms with Crippen LogP contribution in [0.2, 0.25) is 0 Å². The Kier molecular flexibility index (Phi) is 2.95. The van der Waals surface area contributed by atoms with E-state index in [0.29, 0.717) is 12.0 Å². The molecule has 0 radical (unpaired) electrons. The molecule has 0 amide bonds. The molecule has 0 unspecified atom stereocenters. The monoisotopic (exact) mass is 254 g/mol. The molecule has 0 saturated heterocycles. The van der Waals surface area contributed by atoms with Gasteiger partial charge in [0.2, 0.25) is 0 Å². The highest BCUT2D eigenvalue weighted by atomic mass is 16.5. The third-order valence-electron chi connectivity index (χ3n) is 3.36. The van der Waals surface area contributed by atoms with Gasteiger partial charge < -0.3 is 9.47 Å². The van der Waals surface area contributed by atoms with Crippen LogP contribution in [-0.4, -0.2) is 13.1 Å². The second-order valence-electron chi connectivity index (χ2n) is 4.53. The Morgan fingerprint density at radius 1 is 1.11 bits per heavy atom. The van der Waals surface area contributed by atoms with Gasteiger partial charge in [-0.25, -0.2) is 4.79 Å². The number of carbonyl (C=O) groups excluding carboxylic acids is 1. The third-order valence-corrected chi connectivity index (χ3v) is 3.36. The van der Waals surface area contributed by atoms with Gasteiger partial charge in [-0.15, -0.1) is 0 Å². The van der Waals surface area contributed by atoms with Gasteiger partial charge in [-0.05, 0) is 23.8 Å². The average Bonchev–Trinajstić information content (AvgIpc) is 2.77. The van der Waals surface area contributed by atoms with Crippen LogP contribution in [0.15, 0.2) is 48.5 Å². The van der Waals surface area contributed by atoms with Crippen LogP contribution < -0.4 is 4.74 Å². The van der Waals surface area contributed by atoms with E-state index < -0.39 is 0 Å². The number of carbonyl (C=O) groups is 1. The fraction of sp³-hybridized carbons (Fsp3) is 0.188. The van der Waals surface area contributed by atoms with Crippen LogP contribution in [0.25, 0.3) is 0 Å². The summed E-state index contributed by atoms with van der Waals surface area (Å²) in [6.07, 6.45) is 0.504. The van der Waals surface area contributed by atoms with E-state index in [-0.39, 0.29) is 12.1 Å². The van der Waals surface area contributed by atoms with E-state index in [9.17, 15) is 4.79 Å². The largest absolute Gasteiger partial charge is 0.497 e. The van der Waals surface area contributed by atoms with Crippen molar-refractivity contribution in [2.75, 3.05) is 7.11 Å². The van der Waals surface area contributed by atoms with Crippen molar-refractivity contribution in [3.8, 4) is 5.75 Å². The standard InChI is InChI=1S/C16H14O3/c1-18-12-8-6-11(7-9-12)10-15-13-4-2-3-5-14(13)16(17)19-15/h2-9,15H,10H2,1H3/t15-/m1/s1. The van der Waals surface area contributed by atoms with Crippen LogP contribution >= 0.6 is 0 Å². The second kappa shape index (κ2) is 4.76. The molecule has 2 aromatic carbocycles. The Hall–Kier alpha value is -2.29. The molecule has 1 heterocycles. The molecule has 3 heteroatoms. The minimum Gasteiger partial charge on any atom is -0.497 e. The van der Waals surface area contributed by atoms with Gasteiger partial charge in [0.1, 0.15) is 11.9 Å².